The maximum atomic E-state index is 5.25. The third kappa shape index (κ3) is 2.95. The van der Waals surface area contributed by atoms with Gasteiger partial charge in [-0.05, 0) is 40.2 Å². The molecular weight excluding hydrogens is 256 g/mol. The molecule has 0 atom stereocenters. The van der Waals surface area contributed by atoms with Crippen molar-refractivity contribution in [2.45, 2.75) is 0 Å². The van der Waals surface area contributed by atoms with E-state index in [1.54, 1.807) is 6.21 Å². The molecule has 1 N–H and O–H groups in total. The van der Waals surface area contributed by atoms with E-state index in [2.05, 4.69) is 26.5 Å². The summed E-state index contributed by atoms with van der Waals surface area (Å²) in [6, 6.07) is 13.4. The second kappa shape index (κ2) is 4.79. The first-order valence-electron chi connectivity index (χ1n) is 4.44. The van der Waals surface area contributed by atoms with Crippen LogP contribution in [0.3, 0.4) is 0 Å². The van der Waals surface area contributed by atoms with Crippen molar-refractivity contribution in [3.05, 3.63) is 52.9 Å². The lowest BCUT2D eigenvalue weighted by Crippen LogP contribution is -1.88. The number of hydrogen-bond acceptors (Lipinski definition) is 3. The van der Waals surface area contributed by atoms with Crippen LogP contribution in [0.25, 0.3) is 0 Å². The van der Waals surface area contributed by atoms with E-state index in [9.17, 15) is 0 Å². The van der Waals surface area contributed by atoms with Crippen molar-refractivity contribution >= 4 is 27.8 Å². The summed E-state index contributed by atoms with van der Waals surface area (Å²) in [5, 5.41) is 4.04. The molecule has 0 fully saturated rings. The molecule has 4 heteroatoms. The zero-order chi connectivity index (χ0) is 10.5. The lowest BCUT2D eigenvalue weighted by Gasteiger charge is -1.96. The highest BCUT2D eigenvalue weighted by Gasteiger charge is 1.94. The molecule has 0 aliphatic carbocycles. The first-order chi connectivity index (χ1) is 7.34. The van der Waals surface area contributed by atoms with Crippen molar-refractivity contribution < 1.29 is 4.42 Å². The highest BCUT2D eigenvalue weighted by molar-refractivity contribution is 9.10. The van der Waals surface area contributed by atoms with Crippen LogP contribution in [0.5, 0.6) is 0 Å². The Balaban J connectivity index is 1.96. The molecule has 2 aromatic rings. The van der Waals surface area contributed by atoms with Crippen LogP contribution in [0.2, 0.25) is 0 Å². The lowest BCUT2D eigenvalue weighted by atomic mass is 10.3. The molecule has 0 radical (unpaired) electrons. The van der Waals surface area contributed by atoms with Crippen molar-refractivity contribution in [1.82, 2.24) is 0 Å². The van der Waals surface area contributed by atoms with Crippen molar-refractivity contribution in [2.75, 3.05) is 5.43 Å². The van der Waals surface area contributed by atoms with Gasteiger partial charge in [0.05, 0.1) is 11.9 Å². The Labute approximate surface area is 95.9 Å². The Hall–Kier alpha value is -1.55. The Kier molecular flexibility index (Phi) is 3.19. The van der Waals surface area contributed by atoms with E-state index in [0.29, 0.717) is 10.4 Å². The third-order valence-corrected chi connectivity index (χ3v) is 2.18. The van der Waals surface area contributed by atoms with Gasteiger partial charge in [0.2, 0.25) is 0 Å². The van der Waals surface area contributed by atoms with Gasteiger partial charge in [-0.3, -0.25) is 5.43 Å². The smallest absolute Gasteiger partial charge is 0.169 e. The predicted molar refractivity (Wildman–Crippen MR) is 64.1 cm³/mol. The van der Waals surface area contributed by atoms with Crippen LogP contribution in [0.1, 0.15) is 5.76 Å². The van der Waals surface area contributed by atoms with Gasteiger partial charge in [-0.15, -0.1) is 0 Å². The second-order valence-electron chi connectivity index (χ2n) is 2.88. The number of nitrogens with one attached hydrogen (secondary N) is 1. The van der Waals surface area contributed by atoms with E-state index in [-0.39, 0.29) is 0 Å². The van der Waals surface area contributed by atoms with Crippen molar-refractivity contribution in [1.29, 1.82) is 0 Å². The summed E-state index contributed by atoms with van der Waals surface area (Å²) < 4.78 is 5.95. The van der Waals surface area contributed by atoms with Gasteiger partial charge < -0.3 is 4.42 Å². The van der Waals surface area contributed by atoms with Gasteiger partial charge in [0.15, 0.2) is 4.67 Å². The van der Waals surface area contributed by atoms with E-state index in [1.165, 1.54) is 0 Å². The predicted octanol–water partition coefficient (Wildman–Crippen LogP) is 3.49. The minimum atomic E-state index is 0.698. The van der Waals surface area contributed by atoms with Gasteiger partial charge in [0.1, 0.15) is 5.76 Å². The SMILES string of the molecule is Brc1ccc(/C=N\Nc2ccccc2)o1. The molecule has 76 valence electrons. The Morgan fingerprint density at radius 2 is 1.93 bits per heavy atom. The quantitative estimate of drug-likeness (QED) is 0.681. The number of para-hydroxylation sites is 1. The van der Waals surface area contributed by atoms with Crippen molar-refractivity contribution in [3.63, 3.8) is 0 Å². The van der Waals surface area contributed by atoms with Crippen LogP contribution in [0.4, 0.5) is 5.69 Å². The summed E-state index contributed by atoms with van der Waals surface area (Å²) in [6.45, 7) is 0. The molecule has 1 aromatic heterocycles. The van der Waals surface area contributed by atoms with Crippen LogP contribution in [0.15, 0.2) is 56.7 Å². The Morgan fingerprint density at radius 1 is 1.13 bits per heavy atom. The van der Waals surface area contributed by atoms with Gasteiger partial charge in [-0.1, -0.05) is 18.2 Å². The number of nitrogens with zero attached hydrogens (tertiary/aromatic N) is 1. The molecule has 0 saturated carbocycles. The van der Waals surface area contributed by atoms with Gasteiger partial charge in [0, 0.05) is 0 Å². The minimum Gasteiger partial charge on any atom is -0.448 e. The van der Waals surface area contributed by atoms with Crippen molar-refractivity contribution in [2.24, 2.45) is 5.10 Å². The van der Waals surface area contributed by atoms with Gasteiger partial charge in [-0.2, -0.15) is 5.10 Å². The van der Waals surface area contributed by atoms with Crippen molar-refractivity contribution in [3.8, 4) is 0 Å². The largest absolute Gasteiger partial charge is 0.448 e. The molecule has 0 bridgehead atoms. The molecule has 0 spiro atoms. The molecule has 15 heavy (non-hydrogen) atoms. The highest BCUT2D eigenvalue weighted by Crippen LogP contribution is 2.12. The molecule has 0 amide bonds. The number of halogens is 1. The highest BCUT2D eigenvalue weighted by atomic mass is 79.9. The molecule has 2 rings (SSSR count). The van der Waals surface area contributed by atoms with E-state index >= 15 is 0 Å². The fraction of sp³-hybridized carbons (Fsp3) is 0. The normalized spacial score (nSPS) is 10.7. The number of rotatable bonds is 3. The average molecular weight is 265 g/mol. The molecule has 3 nitrogen and oxygen atoms in total. The molecule has 0 saturated heterocycles. The number of anilines is 1. The summed E-state index contributed by atoms with van der Waals surface area (Å²) >= 11 is 3.22. The standard InChI is InChI=1S/C11H9BrN2O/c12-11-7-6-10(15-11)8-13-14-9-4-2-1-3-5-9/h1-8,14H/b13-8-. The Bertz CT molecular complexity index is 451. The van der Waals surface area contributed by atoms with Crippen LogP contribution < -0.4 is 5.43 Å². The summed E-state index contributed by atoms with van der Waals surface area (Å²) in [5.74, 6) is 0.699. The number of benzene rings is 1. The topological polar surface area (TPSA) is 37.5 Å². The van der Waals surface area contributed by atoms with E-state index in [1.807, 2.05) is 42.5 Å². The summed E-state index contributed by atoms with van der Waals surface area (Å²) in [6.07, 6.45) is 1.62. The van der Waals surface area contributed by atoms with Gasteiger partial charge in [-0.25, -0.2) is 0 Å². The average Bonchev–Trinajstić information content (AvgIpc) is 2.66. The molecule has 0 aliphatic rings. The Morgan fingerprint density at radius 3 is 2.60 bits per heavy atom. The first-order valence-corrected chi connectivity index (χ1v) is 5.23. The molecule has 1 aromatic carbocycles. The lowest BCUT2D eigenvalue weighted by molar-refractivity contribution is 0.534. The maximum Gasteiger partial charge on any atom is 0.169 e. The first kappa shape index (κ1) is 9.98. The van der Waals surface area contributed by atoms with Crippen LogP contribution in [-0.2, 0) is 0 Å². The fourth-order valence-electron chi connectivity index (χ4n) is 1.08. The van der Waals surface area contributed by atoms with E-state index in [0.717, 1.165) is 5.69 Å². The van der Waals surface area contributed by atoms with Gasteiger partial charge in [0.25, 0.3) is 0 Å². The number of hydrazone groups is 1. The zero-order valence-electron chi connectivity index (χ0n) is 7.85. The number of furan rings is 1. The van der Waals surface area contributed by atoms with E-state index in [4.69, 9.17) is 4.42 Å². The third-order valence-electron chi connectivity index (χ3n) is 1.75. The monoisotopic (exact) mass is 264 g/mol. The molecule has 0 aliphatic heterocycles. The summed E-state index contributed by atoms with van der Waals surface area (Å²) in [5.41, 5.74) is 3.84. The minimum absolute atomic E-state index is 0.698. The van der Waals surface area contributed by atoms with Gasteiger partial charge >= 0.3 is 0 Å². The summed E-state index contributed by atoms with van der Waals surface area (Å²) in [4.78, 5) is 0. The van der Waals surface area contributed by atoms with Crippen LogP contribution >= 0.6 is 15.9 Å². The molecule has 1 heterocycles. The molecule has 0 unspecified atom stereocenters. The zero-order valence-corrected chi connectivity index (χ0v) is 9.44. The van der Waals surface area contributed by atoms with Crippen LogP contribution in [0, 0.1) is 0 Å². The summed E-state index contributed by atoms with van der Waals surface area (Å²) in [7, 11) is 0. The molecular formula is C11H9BrN2O. The fourth-order valence-corrected chi connectivity index (χ4v) is 1.40. The van der Waals surface area contributed by atoms with Crippen LogP contribution in [-0.4, -0.2) is 6.21 Å². The maximum absolute atomic E-state index is 5.25. The number of hydrogen-bond donors (Lipinski definition) is 1. The van der Waals surface area contributed by atoms with E-state index < -0.39 is 0 Å². The second-order valence-corrected chi connectivity index (χ2v) is 3.66.